The summed E-state index contributed by atoms with van der Waals surface area (Å²) < 4.78 is 32.0. The molecule has 0 saturated heterocycles. The van der Waals surface area contributed by atoms with Crippen molar-refractivity contribution >= 4 is 27.5 Å². The van der Waals surface area contributed by atoms with Crippen LogP contribution in [0.25, 0.3) is 0 Å². The first-order valence-corrected chi connectivity index (χ1v) is 11.1. The summed E-state index contributed by atoms with van der Waals surface area (Å²) in [6.45, 7) is 2.67. The van der Waals surface area contributed by atoms with E-state index < -0.39 is 10.0 Å². The van der Waals surface area contributed by atoms with Crippen molar-refractivity contribution in [1.29, 1.82) is 0 Å². The van der Waals surface area contributed by atoms with Crippen molar-refractivity contribution in [2.24, 2.45) is 0 Å². The van der Waals surface area contributed by atoms with Gasteiger partial charge in [0.2, 0.25) is 10.0 Å². The minimum absolute atomic E-state index is 0.0858. The van der Waals surface area contributed by atoms with Crippen molar-refractivity contribution in [2.45, 2.75) is 6.92 Å². The molecular weight excluding hydrogens is 404 g/mol. The van der Waals surface area contributed by atoms with Gasteiger partial charge in [-0.2, -0.15) is 0 Å². The highest BCUT2D eigenvalue weighted by atomic mass is 32.2. The number of sulfonamides is 1. The molecule has 10 heteroatoms. The van der Waals surface area contributed by atoms with E-state index >= 15 is 0 Å². The third-order valence-electron chi connectivity index (χ3n) is 3.95. The van der Waals surface area contributed by atoms with E-state index in [9.17, 15) is 8.42 Å². The third kappa shape index (κ3) is 7.30. The zero-order valence-corrected chi connectivity index (χ0v) is 17.4. The van der Waals surface area contributed by atoms with Crippen LogP contribution >= 0.6 is 0 Å². The second kappa shape index (κ2) is 10.5. The summed E-state index contributed by atoms with van der Waals surface area (Å²) in [5.74, 6) is 2.33. The van der Waals surface area contributed by atoms with E-state index in [1.807, 2.05) is 37.3 Å². The first-order valence-electron chi connectivity index (χ1n) is 9.43. The second-order valence-electron chi connectivity index (χ2n) is 6.45. The Kier molecular flexibility index (Phi) is 7.52. The quantitative estimate of drug-likeness (QED) is 0.398. The number of hydrogen-bond acceptors (Lipinski definition) is 8. The van der Waals surface area contributed by atoms with Gasteiger partial charge in [-0.15, -0.1) is 10.2 Å². The molecule has 3 aromatic rings. The number of aromatic nitrogens is 3. The summed E-state index contributed by atoms with van der Waals surface area (Å²) >= 11 is 0. The van der Waals surface area contributed by atoms with Crippen LogP contribution < -0.4 is 20.1 Å². The minimum Gasteiger partial charge on any atom is -0.492 e. The monoisotopic (exact) mass is 428 g/mol. The van der Waals surface area contributed by atoms with Gasteiger partial charge in [0.1, 0.15) is 24.0 Å². The summed E-state index contributed by atoms with van der Waals surface area (Å²) in [6.07, 6.45) is 1.72. The molecule has 2 heterocycles. The standard InChI is InChI=1S/C20H24N6O3S/c1-16-9-10-21-20(15-16)24-19-8-7-18(25-26-19)22-11-12-23-30(27,28)14-13-29-17-5-3-2-4-6-17/h2-10,15,23H,11-14H2,1H3,(H,22,25)(H,21,24,26). The summed E-state index contributed by atoms with van der Waals surface area (Å²) in [7, 11) is -3.42. The maximum atomic E-state index is 12.0. The first-order chi connectivity index (χ1) is 14.5. The summed E-state index contributed by atoms with van der Waals surface area (Å²) in [4.78, 5) is 4.21. The Hall–Kier alpha value is -3.24. The number of ether oxygens (including phenoxy) is 1. The molecule has 3 N–H and O–H groups in total. The lowest BCUT2D eigenvalue weighted by atomic mass is 10.3. The van der Waals surface area contributed by atoms with Crippen LogP contribution in [0.15, 0.2) is 60.8 Å². The van der Waals surface area contributed by atoms with Crippen LogP contribution in [0.3, 0.4) is 0 Å². The number of benzene rings is 1. The van der Waals surface area contributed by atoms with Gasteiger partial charge in [-0.3, -0.25) is 0 Å². The fourth-order valence-corrected chi connectivity index (χ4v) is 3.34. The highest BCUT2D eigenvalue weighted by molar-refractivity contribution is 7.89. The lowest BCUT2D eigenvalue weighted by Crippen LogP contribution is -2.32. The molecule has 0 bridgehead atoms. The molecule has 1 aromatic carbocycles. The molecule has 158 valence electrons. The summed E-state index contributed by atoms with van der Waals surface area (Å²) in [6, 6.07) is 16.4. The van der Waals surface area contributed by atoms with Crippen molar-refractivity contribution < 1.29 is 13.2 Å². The van der Waals surface area contributed by atoms with Gasteiger partial charge < -0.3 is 15.4 Å². The van der Waals surface area contributed by atoms with Gasteiger partial charge in [-0.25, -0.2) is 18.1 Å². The normalized spacial score (nSPS) is 11.1. The predicted molar refractivity (Wildman–Crippen MR) is 117 cm³/mol. The van der Waals surface area contributed by atoms with Crippen molar-refractivity contribution in [3.05, 3.63) is 66.4 Å². The molecule has 0 spiro atoms. The van der Waals surface area contributed by atoms with Crippen LogP contribution in [0.1, 0.15) is 5.56 Å². The Balaban J connectivity index is 1.36. The van der Waals surface area contributed by atoms with E-state index in [-0.39, 0.29) is 18.9 Å². The summed E-state index contributed by atoms with van der Waals surface area (Å²) in [5.41, 5.74) is 1.09. The van der Waals surface area contributed by atoms with E-state index in [0.29, 0.717) is 29.7 Å². The molecule has 0 atom stereocenters. The predicted octanol–water partition coefficient (Wildman–Crippen LogP) is 2.33. The zero-order valence-electron chi connectivity index (χ0n) is 16.6. The average molecular weight is 429 g/mol. The molecule has 0 aliphatic heterocycles. The Morgan fingerprint density at radius 2 is 1.70 bits per heavy atom. The molecule has 9 nitrogen and oxygen atoms in total. The van der Waals surface area contributed by atoms with Crippen LogP contribution in [-0.4, -0.2) is 49.0 Å². The van der Waals surface area contributed by atoms with Crippen molar-refractivity contribution in [3.8, 4) is 5.75 Å². The number of pyridine rings is 1. The highest BCUT2D eigenvalue weighted by Gasteiger charge is 2.10. The van der Waals surface area contributed by atoms with Crippen LogP contribution in [0.5, 0.6) is 5.75 Å². The largest absolute Gasteiger partial charge is 0.492 e. The molecule has 0 aliphatic rings. The van der Waals surface area contributed by atoms with E-state index in [4.69, 9.17) is 4.74 Å². The van der Waals surface area contributed by atoms with Crippen LogP contribution in [-0.2, 0) is 10.0 Å². The average Bonchev–Trinajstić information content (AvgIpc) is 2.73. The topological polar surface area (TPSA) is 118 Å². The van der Waals surface area contributed by atoms with Crippen molar-refractivity contribution in [1.82, 2.24) is 19.9 Å². The second-order valence-corrected chi connectivity index (χ2v) is 8.38. The van der Waals surface area contributed by atoms with Gasteiger partial charge in [0.15, 0.2) is 5.82 Å². The fraction of sp³-hybridized carbons (Fsp3) is 0.250. The maximum absolute atomic E-state index is 12.0. The Bertz CT molecular complexity index is 1030. The Morgan fingerprint density at radius 1 is 0.933 bits per heavy atom. The number of anilines is 3. The van der Waals surface area contributed by atoms with Gasteiger partial charge in [-0.1, -0.05) is 18.2 Å². The number of para-hydroxylation sites is 1. The van der Waals surface area contributed by atoms with Crippen molar-refractivity contribution in [3.63, 3.8) is 0 Å². The molecular formula is C20H24N6O3S. The SMILES string of the molecule is Cc1ccnc(Nc2ccc(NCCNS(=O)(=O)CCOc3ccccc3)nn2)c1. The van der Waals surface area contributed by atoms with Crippen LogP contribution in [0.2, 0.25) is 0 Å². The molecule has 0 saturated carbocycles. The lowest BCUT2D eigenvalue weighted by molar-refractivity contribution is 0.340. The molecule has 3 rings (SSSR count). The molecule has 0 fully saturated rings. The van der Waals surface area contributed by atoms with Gasteiger partial charge in [0, 0.05) is 19.3 Å². The van der Waals surface area contributed by atoms with Gasteiger partial charge >= 0.3 is 0 Å². The van der Waals surface area contributed by atoms with Crippen LogP contribution in [0, 0.1) is 6.92 Å². The number of aryl methyl sites for hydroxylation is 1. The van der Waals surface area contributed by atoms with Gasteiger partial charge in [0.25, 0.3) is 0 Å². The Morgan fingerprint density at radius 3 is 2.43 bits per heavy atom. The minimum atomic E-state index is -3.42. The third-order valence-corrected chi connectivity index (χ3v) is 5.30. The van der Waals surface area contributed by atoms with E-state index in [1.165, 1.54) is 0 Å². The molecule has 0 unspecified atom stereocenters. The number of nitrogens with zero attached hydrogens (tertiary/aromatic N) is 3. The maximum Gasteiger partial charge on any atom is 0.215 e. The molecule has 0 aliphatic carbocycles. The lowest BCUT2D eigenvalue weighted by Gasteiger charge is -2.10. The van der Waals surface area contributed by atoms with Gasteiger partial charge in [-0.05, 0) is 48.9 Å². The Labute approximate surface area is 176 Å². The number of rotatable bonds is 11. The molecule has 30 heavy (non-hydrogen) atoms. The molecule has 2 aromatic heterocycles. The molecule has 0 radical (unpaired) electrons. The smallest absolute Gasteiger partial charge is 0.215 e. The van der Waals surface area contributed by atoms with E-state index in [2.05, 4.69) is 30.5 Å². The highest BCUT2D eigenvalue weighted by Crippen LogP contribution is 2.13. The van der Waals surface area contributed by atoms with Crippen LogP contribution in [0.4, 0.5) is 17.5 Å². The first kappa shape index (κ1) is 21.5. The van der Waals surface area contributed by atoms with Crippen molar-refractivity contribution in [2.75, 3.05) is 36.1 Å². The number of hydrogen-bond donors (Lipinski definition) is 3. The van der Waals surface area contributed by atoms with Gasteiger partial charge in [0.05, 0.1) is 5.75 Å². The fourth-order valence-electron chi connectivity index (χ4n) is 2.48. The van der Waals surface area contributed by atoms with E-state index in [1.54, 1.807) is 30.5 Å². The number of nitrogens with one attached hydrogen (secondary N) is 3. The molecule has 0 amide bonds. The van der Waals surface area contributed by atoms with E-state index in [0.717, 1.165) is 5.56 Å². The zero-order chi connectivity index (χ0) is 21.2. The summed E-state index contributed by atoms with van der Waals surface area (Å²) in [5, 5.41) is 14.2.